The molecule has 6 heteroatoms. The number of halogens is 2. The van der Waals surface area contributed by atoms with Gasteiger partial charge in [0.1, 0.15) is 4.38 Å². The van der Waals surface area contributed by atoms with Crippen LogP contribution in [0.3, 0.4) is 0 Å². The number of thioether (sulfide) groups is 2. The first-order chi connectivity index (χ1) is 7.67. The SMILES string of the molecule is CSC(=NC#N)SCc1ccc(Cl)cc1Cl. The lowest BCUT2D eigenvalue weighted by Crippen LogP contribution is -1.88. The van der Waals surface area contributed by atoms with Crippen molar-refractivity contribution in [2.45, 2.75) is 5.75 Å². The van der Waals surface area contributed by atoms with Crippen molar-refractivity contribution in [2.24, 2.45) is 4.99 Å². The number of nitrogens with zero attached hydrogens (tertiary/aromatic N) is 2. The molecule has 0 amide bonds. The van der Waals surface area contributed by atoms with Gasteiger partial charge in [-0.3, -0.25) is 0 Å². The zero-order valence-electron chi connectivity index (χ0n) is 8.41. The standard InChI is InChI=1S/C10H8Cl2N2S2/c1-15-10(14-6-13)16-5-7-2-3-8(11)4-9(7)12/h2-4H,5H2,1H3. The smallest absolute Gasteiger partial charge is 0.170 e. The molecule has 84 valence electrons. The molecule has 0 radical (unpaired) electrons. The molecule has 0 spiro atoms. The number of nitriles is 1. The van der Waals surface area contributed by atoms with Crippen LogP contribution in [0.15, 0.2) is 23.2 Å². The Morgan fingerprint density at radius 1 is 1.50 bits per heavy atom. The fourth-order valence-corrected chi connectivity index (χ4v) is 2.93. The molecule has 0 heterocycles. The molecule has 16 heavy (non-hydrogen) atoms. The summed E-state index contributed by atoms with van der Waals surface area (Å²) in [4.78, 5) is 3.68. The lowest BCUT2D eigenvalue weighted by Gasteiger charge is -2.04. The highest BCUT2D eigenvalue weighted by molar-refractivity contribution is 8.38. The molecule has 1 aromatic carbocycles. The van der Waals surface area contributed by atoms with E-state index in [0.717, 1.165) is 9.94 Å². The number of aliphatic imine (C=N–C) groups is 1. The summed E-state index contributed by atoms with van der Waals surface area (Å²) in [6.45, 7) is 0. The van der Waals surface area contributed by atoms with E-state index in [2.05, 4.69) is 4.99 Å². The Balaban J connectivity index is 2.68. The van der Waals surface area contributed by atoms with Crippen molar-refractivity contribution in [1.29, 1.82) is 5.26 Å². The van der Waals surface area contributed by atoms with Crippen LogP contribution < -0.4 is 0 Å². The van der Waals surface area contributed by atoms with E-state index in [-0.39, 0.29) is 0 Å². The predicted octanol–water partition coefficient (Wildman–Crippen LogP) is 4.43. The molecular weight excluding hydrogens is 283 g/mol. The molecule has 1 aromatic rings. The summed E-state index contributed by atoms with van der Waals surface area (Å²) < 4.78 is 0.730. The lowest BCUT2D eigenvalue weighted by molar-refractivity contribution is 1.42. The highest BCUT2D eigenvalue weighted by atomic mass is 35.5. The van der Waals surface area contributed by atoms with E-state index in [4.69, 9.17) is 28.5 Å². The average Bonchev–Trinajstić information content (AvgIpc) is 2.26. The molecule has 0 saturated heterocycles. The summed E-state index contributed by atoms with van der Waals surface area (Å²) in [5, 5.41) is 9.70. The van der Waals surface area contributed by atoms with Crippen molar-refractivity contribution in [2.75, 3.05) is 6.26 Å². The van der Waals surface area contributed by atoms with Crippen molar-refractivity contribution >= 4 is 51.1 Å². The molecular formula is C10H8Cl2N2S2. The summed E-state index contributed by atoms with van der Waals surface area (Å²) in [5.41, 5.74) is 0.982. The van der Waals surface area contributed by atoms with Crippen molar-refractivity contribution in [3.05, 3.63) is 33.8 Å². The van der Waals surface area contributed by atoms with Crippen LogP contribution >= 0.6 is 46.7 Å². The second-order valence-corrected chi connectivity index (χ2v) is 5.57. The lowest BCUT2D eigenvalue weighted by atomic mass is 10.2. The summed E-state index contributed by atoms with van der Waals surface area (Å²) in [6.07, 6.45) is 3.65. The summed E-state index contributed by atoms with van der Waals surface area (Å²) in [7, 11) is 0. The maximum absolute atomic E-state index is 8.45. The van der Waals surface area contributed by atoms with Gasteiger partial charge < -0.3 is 0 Å². The highest BCUT2D eigenvalue weighted by Crippen LogP contribution is 2.27. The molecule has 2 nitrogen and oxygen atoms in total. The number of hydrogen-bond donors (Lipinski definition) is 0. The van der Waals surface area contributed by atoms with E-state index in [9.17, 15) is 0 Å². The molecule has 0 aliphatic heterocycles. The molecule has 0 N–H and O–H groups in total. The minimum absolute atomic E-state index is 0.620. The van der Waals surface area contributed by atoms with Crippen LogP contribution in [0.1, 0.15) is 5.56 Å². The van der Waals surface area contributed by atoms with E-state index < -0.39 is 0 Å². The maximum atomic E-state index is 8.45. The Morgan fingerprint density at radius 2 is 2.25 bits per heavy atom. The third-order valence-corrected chi connectivity index (χ3v) is 4.36. The fraction of sp³-hybridized carbons (Fsp3) is 0.200. The van der Waals surface area contributed by atoms with Gasteiger partial charge >= 0.3 is 0 Å². The van der Waals surface area contributed by atoms with Gasteiger partial charge in [0, 0.05) is 15.8 Å². The van der Waals surface area contributed by atoms with E-state index in [1.807, 2.05) is 12.3 Å². The molecule has 0 unspecified atom stereocenters. The number of rotatable bonds is 2. The van der Waals surface area contributed by atoms with Crippen molar-refractivity contribution in [3.63, 3.8) is 0 Å². The van der Waals surface area contributed by atoms with Gasteiger partial charge in [-0.05, 0) is 24.0 Å². The normalized spacial score (nSPS) is 11.2. The molecule has 0 aliphatic rings. The zero-order chi connectivity index (χ0) is 12.0. The van der Waals surface area contributed by atoms with Gasteiger partial charge in [-0.1, -0.05) is 41.0 Å². The molecule has 1 rings (SSSR count). The van der Waals surface area contributed by atoms with Crippen LogP contribution in [0, 0.1) is 11.5 Å². The Hall–Kier alpha value is -0.340. The minimum atomic E-state index is 0.620. The van der Waals surface area contributed by atoms with Gasteiger partial charge in [0.15, 0.2) is 0 Å². The van der Waals surface area contributed by atoms with Crippen molar-refractivity contribution in [1.82, 2.24) is 0 Å². The van der Waals surface area contributed by atoms with Crippen LogP contribution in [0.2, 0.25) is 10.0 Å². The minimum Gasteiger partial charge on any atom is -0.170 e. The molecule has 0 saturated carbocycles. The van der Waals surface area contributed by atoms with Gasteiger partial charge in [0.05, 0.1) is 0 Å². The van der Waals surface area contributed by atoms with Gasteiger partial charge in [-0.2, -0.15) is 10.3 Å². The second kappa shape index (κ2) is 7.08. The van der Waals surface area contributed by atoms with E-state index in [1.54, 1.807) is 18.3 Å². The first-order valence-corrected chi connectivity index (χ1v) is 7.21. The number of hydrogen-bond acceptors (Lipinski definition) is 4. The topological polar surface area (TPSA) is 36.1 Å². The summed E-state index contributed by atoms with van der Waals surface area (Å²) in [5.74, 6) is 0.678. The molecule has 0 aliphatic carbocycles. The largest absolute Gasteiger partial charge is 0.207 e. The van der Waals surface area contributed by atoms with Crippen molar-refractivity contribution < 1.29 is 0 Å². The third-order valence-electron chi connectivity index (χ3n) is 1.68. The Morgan fingerprint density at radius 3 is 2.81 bits per heavy atom. The fourth-order valence-electron chi connectivity index (χ4n) is 0.956. The zero-order valence-corrected chi connectivity index (χ0v) is 11.6. The highest BCUT2D eigenvalue weighted by Gasteiger charge is 2.04. The van der Waals surface area contributed by atoms with Gasteiger partial charge in [0.2, 0.25) is 6.19 Å². The van der Waals surface area contributed by atoms with Crippen LogP contribution in [0.4, 0.5) is 0 Å². The monoisotopic (exact) mass is 290 g/mol. The summed E-state index contributed by atoms with van der Waals surface area (Å²) in [6, 6.07) is 5.38. The molecule has 0 atom stereocenters. The van der Waals surface area contributed by atoms with E-state index in [0.29, 0.717) is 15.8 Å². The van der Waals surface area contributed by atoms with Crippen molar-refractivity contribution in [3.8, 4) is 6.19 Å². The van der Waals surface area contributed by atoms with Gasteiger partial charge in [-0.25, -0.2) is 0 Å². The van der Waals surface area contributed by atoms with E-state index in [1.165, 1.54) is 23.5 Å². The molecule has 0 aromatic heterocycles. The third kappa shape index (κ3) is 4.26. The second-order valence-electron chi connectivity index (χ2n) is 2.71. The van der Waals surface area contributed by atoms with Crippen LogP contribution in [-0.2, 0) is 5.75 Å². The first kappa shape index (κ1) is 13.7. The predicted molar refractivity (Wildman–Crippen MR) is 74.3 cm³/mol. The molecule has 0 bridgehead atoms. The van der Waals surface area contributed by atoms with Crippen LogP contribution in [0.25, 0.3) is 0 Å². The number of benzene rings is 1. The quantitative estimate of drug-likeness (QED) is 0.459. The Labute approximate surface area is 113 Å². The summed E-state index contributed by atoms with van der Waals surface area (Å²) >= 11 is 14.7. The van der Waals surface area contributed by atoms with Crippen LogP contribution in [-0.4, -0.2) is 10.6 Å². The Kier molecular flexibility index (Phi) is 6.07. The molecule has 0 fully saturated rings. The van der Waals surface area contributed by atoms with E-state index >= 15 is 0 Å². The Bertz CT molecular complexity index is 441. The van der Waals surface area contributed by atoms with Gasteiger partial charge in [0.25, 0.3) is 0 Å². The first-order valence-electron chi connectivity index (χ1n) is 4.25. The van der Waals surface area contributed by atoms with Gasteiger partial charge in [-0.15, -0.1) is 11.8 Å². The maximum Gasteiger partial charge on any atom is 0.207 e. The van der Waals surface area contributed by atoms with Crippen LogP contribution in [0.5, 0.6) is 0 Å². The average molecular weight is 291 g/mol.